The Morgan fingerprint density at radius 2 is 2.15 bits per heavy atom. The minimum absolute atomic E-state index is 0.566. The second-order valence-electron chi connectivity index (χ2n) is 2.48. The van der Waals surface area contributed by atoms with E-state index in [0.717, 1.165) is 0 Å². The van der Waals surface area contributed by atoms with Crippen LogP contribution in [0.2, 0.25) is 0 Å². The van der Waals surface area contributed by atoms with Gasteiger partial charge in [0, 0.05) is 5.69 Å². The summed E-state index contributed by atoms with van der Waals surface area (Å²) >= 11 is 0. The maximum Gasteiger partial charge on any atom is 0.255 e. The summed E-state index contributed by atoms with van der Waals surface area (Å²) in [6.45, 7) is -0.579. The summed E-state index contributed by atoms with van der Waals surface area (Å²) < 4.78 is 0. The van der Waals surface area contributed by atoms with Gasteiger partial charge in [0.15, 0.2) is 6.10 Å². The summed E-state index contributed by atoms with van der Waals surface area (Å²) in [4.78, 5) is 11.0. The summed E-state index contributed by atoms with van der Waals surface area (Å²) in [5.74, 6) is -0.617. The number of hydrogen-bond donors (Lipinski definition) is 3. The van der Waals surface area contributed by atoms with E-state index < -0.39 is 18.6 Å². The Hall–Kier alpha value is -1.39. The number of aliphatic hydroxyl groups excluding tert-OH is 2. The second-order valence-corrected chi connectivity index (χ2v) is 2.48. The van der Waals surface area contributed by atoms with Crippen LogP contribution in [0.25, 0.3) is 0 Å². The van der Waals surface area contributed by atoms with E-state index in [4.69, 9.17) is 10.2 Å². The van der Waals surface area contributed by atoms with Crippen molar-refractivity contribution < 1.29 is 15.0 Å². The number of rotatable bonds is 3. The molecule has 0 bridgehead atoms. The molecule has 0 aromatic heterocycles. The summed E-state index contributed by atoms with van der Waals surface area (Å²) in [6, 6.07) is 9.35. The highest BCUT2D eigenvalue weighted by Gasteiger charge is 2.12. The summed E-state index contributed by atoms with van der Waals surface area (Å²) in [5, 5.41) is 19.8. The largest absolute Gasteiger partial charge is 0.393 e. The van der Waals surface area contributed by atoms with Crippen LogP contribution >= 0.6 is 0 Å². The summed E-state index contributed by atoms with van der Waals surface area (Å²) in [6.07, 6.45) is -1.37. The molecule has 69 valence electrons. The highest BCUT2D eigenvalue weighted by molar-refractivity contribution is 5.93. The molecule has 0 heterocycles. The molecule has 1 radical (unpaired) electrons. The molecule has 0 aliphatic rings. The zero-order chi connectivity index (χ0) is 9.68. The van der Waals surface area contributed by atoms with E-state index in [-0.39, 0.29) is 0 Å². The minimum Gasteiger partial charge on any atom is -0.393 e. The maximum absolute atomic E-state index is 11.0. The van der Waals surface area contributed by atoms with Gasteiger partial charge in [0.05, 0.1) is 6.61 Å². The fraction of sp³-hybridized carbons (Fsp3) is 0.222. The Balaban J connectivity index is 2.55. The molecule has 4 nitrogen and oxygen atoms in total. The first-order chi connectivity index (χ1) is 6.24. The molecule has 0 fully saturated rings. The monoisotopic (exact) mass is 180 g/mol. The fourth-order valence-corrected chi connectivity index (χ4v) is 0.779. The van der Waals surface area contributed by atoms with Crippen LogP contribution in [0.5, 0.6) is 0 Å². The summed E-state index contributed by atoms with van der Waals surface area (Å²) in [7, 11) is 0. The smallest absolute Gasteiger partial charge is 0.255 e. The van der Waals surface area contributed by atoms with Crippen LogP contribution in [-0.2, 0) is 4.79 Å². The van der Waals surface area contributed by atoms with Crippen LogP contribution in [0.15, 0.2) is 24.3 Å². The number of hydrogen-bond acceptors (Lipinski definition) is 3. The molecule has 1 rings (SSSR count). The van der Waals surface area contributed by atoms with Crippen LogP contribution in [0.4, 0.5) is 5.69 Å². The third-order valence-electron chi connectivity index (χ3n) is 1.46. The molecule has 1 unspecified atom stereocenters. The molecule has 3 N–H and O–H groups in total. The average Bonchev–Trinajstić information content (AvgIpc) is 2.18. The molecular weight excluding hydrogens is 170 g/mol. The van der Waals surface area contributed by atoms with Crippen molar-refractivity contribution in [2.75, 3.05) is 11.9 Å². The van der Waals surface area contributed by atoms with Gasteiger partial charge >= 0.3 is 0 Å². The Morgan fingerprint density at radius 3 is 2.69 bits per heavy atom. The van der Waals surface area contributed by atoms with Gasteiger partial charge in [-0.3, -0.25) is 4.79 Å². The third kappa shape index (κ3) is 2.85. The highest BCUT2D eigenvalue weighted by Crippen LogP contribution is 2.04. The van der Waals surface area contributed by atoms with Crippen molar-refractivity contribution in [3.63, 3.8) is 0 Å². The van der Waals surface area contributed by atoms with E-state index in [0.29, 0.717) is 5.69 Å². The lowest BCUT2D eigenvalue weighted by molar-refractivity contribution is -0.125. The molecule has 13 heavy (non-hydrogen) atoms. The molecule has 0 aliphatic carbocycles. The van der Waals surface area contributed by atoms with Crippen molar-refractivity contribution in [3.05, 3.63) is 30.3 Å². The lowest BCUT2D eigenvalue weighted by atomic mass is 10.3. The van der Waals surface area contributed by atoms with E-state index >= 15 is 0 Å². The predicted octanol–water partition coefficient (Wildman–Crippen LogP) is -0.222. The van der Waals surface area contributed by atoms with E-state index in [2.05, 4.69) is 11.4 Å². The average molecular weight is 180 g/mol. The standard InChI is InChI=1S/C9H10NO3/c11-6-8(12)9(13)10-7-4-2-1-3-5-7/h2-5,8,11-12H,6H2,(H,10,13). The van der Waals surface area contributed by atoms with Crippen molar-refractivity contribution in [1.29, 1.82) is 0 Å². The van der Waals surface area contributed by atoms with Crippen LogP contribution in [0.3, 0.4) is 0 Å². The zero-order valence-corrected chi connectivity index (χ0v) is 6.90. The number of amides is 1. The lowest BCUT2D eigenvalue weighted by Gasteiger charge is -2.07. The predicted molar refractivity (Wildman–Crippen MR) is 47.0 cm³/mol. The molecular formula is C9H10NO3. The van der Waals surface area contributed by atoms with Gasteiger partial charge in [-0.2, -0.15) is 0 Å². The number of carbonyl (C=O) groups is 1. The third-order valence-corrected chi connectivity index (χ3v) is 1.46. The van der Waals surface area contributed by atoms with Crippen molar-refractivity contribution in [2.45, 2.75) is 6.10 Å². The van der Waals surface area contributed by atoms with Crippen molar-refractivity contribution in [3.8, 4) is 0 Å². The van der Waals surface area contributed by atoms with Gasteiger partial charge in [-0.25, -0.2) is 0 Å². The summed E-state index contributed by atoms with van der Waals surface area (Å²) in [5.41, 5.74) is 0.566. The van der Waals surface area contributed by atoms with E-state index in [9.17, 15) is 4.79 Å². The molecule has 1 amide bonds. The van der Waals surface area contributed by atoms with Gasteiger partial charge in [0.25, 0.3) is 5.91 Å². The van der Waals surface area contributed by atoms with Gasteiger partial charge in [0.2, 0.25) is 0 Å². The fourth-order valence-electron chi connectivity index (χ4n) is 0.779. The zero-order valence-electron chi connectivity index (χ0n) is 6.90. The Labute approximate surface area is 75.8 Å². The first-order valence-corrected chi connectivity index (χ1v) is 3.80. The van der Waals surface area contributed by atoms with Crippen LogP contribution in [-0.4, -0.2) is 28.8 Å². The number of benzene rings is 1. The molecule has 1 aromatic rings. The van der Waals surface area contributed by atoms with Gasteiger partial charge in [-0.15, -0.1) is 0 Å². The normalized spacial score (nSPS) is 12.2. The second kappa shape index (κ2) is 4.59. The number of anilines is 1. The molecule has 0 spiro atoms. The molecule has 4 heteroatoms. The van der Waals surface area contributed by atoms with Gasteiger partial charge in [-0.05, 0) is 18.2 Å². The van der Waals surface area contributed by atoms with Crippen molar-refractivity contribution >= 4 is 11.6 Å². The van der Waals surface area contributed by atoms with Crippen molar-refractivity contribution in [2.24, 2.45) is 0 Å². The lowest BCUT2D eigenvalue weighted by Crippen LogP contribution is -2.30. The topological polar surface area (TPSA) is 69.6 Å². The maximum atomic E-state index is 11.0. The first kappa shape index (κ1) is 9.70. The number of aliphatic hydroxyl groups is 2. The Morgan fingerprint density at radius 1 is 1.54 bits per heavy atom. The minimum atomic E-state index is -1.37. The molecule has 1 aromatic carbocycles. The van der Waals surface area contributed by atoms with Crippen molar-refractivity contribution in [1.82, 2.24) is 0 Å². The van der Waals surface area contributed by atoms with Crippen LogP contribution in [0.1, 0.15) is 0 Å². The van der Waals surface area contributed by atoms with E-state index in [1.54, 1.807) is 24.3 Å². The Kier molecular flexibility index (Phi) is 3.42. The van der Waals surface area contributed by atoms with Gasteiger partial charge in [0.1, 0.15) is 0 Å². The molecule has 0 saturated heterocycles. The van der Waals surface area contributed by atoms with E-state index in [1.165, 1.54) is 0 Å². The van der Waals surface area contributed by atoms with E-state index in [1.807, 2.05) is 0 Å². The SMILES string of the molecule is O=C(Nc1cc[c]cc1)C(O)CO. The van der Waals surface area contributed by atoms with Crippen LogP contribution in [0, 0.1) is 6.07 Å². The Bertz CT molecular complexity index is 273. The quantitative estimate of drug-likeness (QED) is 0.602. The number of carbonyl (C=O) groups excluding carboxylic acids is 1. The number of nitrogens with one attached hydrogen (secondary N) is 1. The molecule has 0 aliphatic heterocycles. The molecule has 1 atom stereocenters. The molecule has 0 saturated carbocycles. The van der Waals surface area contributed by atoms with Gasteiger partial charge < -0.3 is 15.5 Å². The first-order valence-electron chi connectivity index (χ1n) is 3.80. The van der Waals surface area contributed by atoms with Gasteiger partial charge in [-0.1, -0.05) is 12.1 Å². The highest BCUT2D eigenvalue weighted by atomic mass is 16.3. The van der Waals surface area contributed by atoms with Crippen LogP contribution < -0.4 is 5.32 Å².